The Morgan fingerprint density at radius 3 is 2.67 bits per heavy atom. The zero-order chi connectivity index (χ0) is 19.6. The van der Waals surface area contributed by atoms with E-state index in [9.17, 15) is 14.0 Å². The van der Waals surface area contributed by atoms with Crippen molar-refractivity contribution in [1.82, 2.24) is 14.6 Å². The highest BCUT2D eigenvalue weighted by molar-refractivity contribution is 5.99. The quantitative estimate of drug-likeness (QED) is 0.688. The number of methoxy groups -OCH3 is 1. The molecule has 0 atom stereocenters. The van der Waals surface area contributed by atoms with Crippen LogP contribution in [0.5, 0.6) is 0 Å². The van der Waals surface area contributed by atoms with Crippen molar-refractivity contribution in [3.8, 4) is 0 Å². The third-order valence-corrected chi connectivity index (χ3v) is 3.86. The summed E-state index contributed by atoms with van der Waals surface area (Å²) in [7, 11) is 1.23. The van der Waals surface area contributed by atoms with Crippen LogP contribution in [0.25, 0.3) is 5.65 Å². The van der Waals surface area contributed by atoms with Crippen LogP contribution in [0.2, 0.25) is 0 Å². The van der Waals surface area contributed by atoms with Gasteiger partial charge in [0.2, 0.25) is 0 Å². The van der Waals surface area contributed by atoms with Gasteiger partial charge in [0.25, 0.3) is 0 Å². The second-order valence-corrected chi connectivity index (χ2v) is 5.62. The number of rotatable bonds is 5. The summed E-state index contributed by atoms with van der Waals surface area (Å²) >= 11 is 0. The smallest absolute Gasteiger partial charge is 0.343 e. The molecule has 0 aliphatic heterocycles. The molecule has 0 saturated carbocycles. The summed E-state index contributed by atoms with van der Waals surface area (Å²) in [5.41, 5.74) is 1.29. The molecule has 0 fully saturated rings. The minimum Gasteiger partial charge on any atom is -0.465 e. The first-order valence-electron chi connectivity index (χ1n) is 8.11. The maximum absolute atomic E-state index is 13.9. The van der Waals surface area contributed by atoms with Crippen LogP contribution in [0.15, 0.2) is 30.6 Å². The number of aryl methyl sites for hydroxylation is 1. The van der Waals surface area contributed by atoms with E-state index in [-0.39, 0.29) is 29.2 Å². The van der Waals surface area contributed by atoms with Crippen LogP contribution in [0.1, 0.15) is 33.2 Å². The van der Waals surface area contributed by atoms with E-state index < -0.39 is 17.8 Å². The second kappa shape index (κ2) is 7.40. The van der Waals surface area contributed by atoms with Gasteiger partial charge in [0.1, 0.15) is 16.9 Å². The van der Waals surface area contributed by atoms with Gasteiger partial charge in [0.15, 0.2) is 11.5 Å². The Labute approximate surface area is 153 Å². The maximum atomic E-state index is 13.9. The Morgan fingerprint density at radius 1 is 1.22 bits per heavy atom. The van der Waals surface area contributed by atoms with E-state index in [1.807, 2.05) is 0 Å². The molecule has 1 N–H and O–H groups in total. The van der Waals surface area contributed by atoms with Crippen LogP contribution < -0.4 is 5.32 Å². The zero-order valence-corrected chi connectivity index (χ0v) is 14.9. The van der Waals surface area contributed by atoms with Gasteiger partial charge in [-0.15, -0.1) is 0 Å². The number of aromatic nitrogens is 3. The molecular weight excluding hydrogens is 355 g/mol. The third kappa shape index (κ3) is 3.43. The third-order valence-electron chi connectivity index (χ3n) is 3.86. The molecule has 3 aromatic rings. The summed E-state index contributed by atoms with van der Waals surface area (Å²) in [6, 6.07) is 4.54. The van der Waals surface area contributed by atoms with Gasteiger partial charge in [-0.25, -0.2) is 19.0 Å². The van der Waals surface area contributed by atoms with E-state index in [1.54, 1.807) is 26.0 Å². The van der Waals surface area contributed by atoms with Gasteiger partial charge in [-0.3, -0.25) is 0 Å². The Kier molecular flexibility index (Phi) is 5.02. The van der Waals surface area contributed by atoms with E-state index in [2.05, 4.69) is 15.4 Å². The van der Waals surface area contributed by atoms with Crippen LogP contribution in [0.3, 0.4) is 0 Å². The standard InChI is InChI=1S/C18H17FN4O4/c1-4-27-18(25)13-9-21-23-15(13)20-8-12(17(24)26-3)16(23)22-11-6-5-10(2)14(19)7-11/h5-9,22H,4H2,1-3H3. The number of ether oxygens (including phenoxy) is 2. The number of nitrogens with one attached hydrogen (secondary N) is 1. The van der Waals surface area contributed by atoms with Crippen molar-refractivity contribution in [3.63, 3.8) is 0 Å². The van der Waals surface area contributed by atoms with Crippen molar-refractivity contribution >= 4 is 29.1 Å². The van der Waals surface area contributed by atoms with Gasteiger partial charge in [0, 0.05) is 11.9 Å². The molecule has 0 unspecified atom stereocenters. The average Bonchev–Trinajstić information content (AvgIpc) is 3.09. The molecular formula is C18H17FN4O4. The van der Waals surface area contributed by atoms with Gasteiger partial charge in [-0.05, 0) is 31.5 Å². The number of hydrogen-bond donors (Lipinski definition) is 1. The fraction of sp³-hybridized carbons (Fsp3) is 0.222. The SMILES string of the molecule is CCOC(=O)c1cnn2c(Nc3ccc(C)c(F)c3)c(C(=O)OC)cnc12. The normalized spacial score (nSPS) is 10.7. The molecule has 0 aliphatic rings. The number of halogens is 1. The fourth-order valence-corrected chi connectivity index (χ4v) is 2.47. The van der Waals surface area contributed by atoms with Crippen molar-refractivity contribution in [1.29, 1.82) is 0 Å². The molecule has 2 aromatic heterocycles. The highest BCUT2D eigenvalue weighted by Crippen LogP contribution is 2.25. The number of carbonyl (C=O) groups excluding carboxylic acids is 2. The van der Waals surface area contributed by atoms with Gasteiger partial charge in [-0.2, -0.15) is 9.61 Å². The molecule has 0 amide bonds. The Hall–Kier alpha value is -3.49. The molecule has 27 heavy (non-hydrogen) atoms. The molecule has 0 bridgehead atoms. The summed E-state index contributed by atoms with van der Waals surface area (Å²) in [5.74, 6) is -1.46. The van der Waals surface area contributed by atoms with Gasteiger partial charge < -0.3 is 14.8 Å². The summed E-state index contributed by atoms with van der Waals surface area (Å²) < 4.78 is 24.9. The summed E-state index contributed by atoms with van der Waals surface area (Å²) in [4.78, 5) is 28.3. The van der Waals surface area contributed by atoms with E-state index in [0.29, 0.717) is 11.3 Å². The lowest BCUT2D eigenvalue weighted by Gasteiger charge is -2.13. The van der Waals surface area contributed by atoms with Crippen molar-refractivity contribution in [2.75, 3.05) is 19.0 Å². The van der Waals surface area contributed by atoms with Crippen LogP contribution in [0.4, 0.5) is 15.9 Å². The van der Waals surface area contributed by atoms with E-state index in [1.165, 1.54) is 30.1 Å². The van der Waals surface area contributed by atoms with E-state index >= 15 is 0 Å². The lowest BCUT2D eigenvalue weighted by atomic mass is 10.2. The monoisotopic (exact) mass is 372 g/mol. The first-order chi connectivity index (χ1) is 13.0. The van der Waals surface area contributed by atoms with E-state index in [4.69, 9.17) is 9.47 Å². The first-order valence-corrected chi connectivity index (χ1v) is 8.11. The number of nitrogens with zero attached hydrogens (tertiary/aromatic N) is 3. The van der Waals surface area contributed by atoms with Crippen molar-refractivity contribution in [2.45, 2.75) is 13.8 Å². The van der Waals surface area contributed by atoms with Gasteiger partial charge >= 0.3 is 11.9 Å². The topological polar surface area (TPSA) is 94.8 Å². The number of esters is 2. The largest absolute Gasteiger partial charge is 0.465 e. The molecule has 0 saturated heterocycles. The summed E-state index contributed by atoms with van der Waals surface area (Å²) in [6.45, 7) is 3.53. The summed E-state index contributed by atoms with van der Waals surface area (Å²) in [6.07, 6.45) is 2.56. The van der Waals surface area contributed by atoms with Gasteiger partial charge in [-0.1, -0.05) is 6.07 Å². The molecule has 0 radical (unpaired) electrons. The zero-order valence-electron chi connectivity index (χ0n) is 14.9. The maximum Gasteiger partial charge on any atom is 0.343 e. The Bertz CT molecular complexity index is 1030. The number of anilines is 2. The number of benzene rings is 1. The van der Waals surface area contributed by atoms with Crippen molar-refractivity contribution in [2.24, 2.45) is 0 Å². The highest BCUT2D eigenvalue weighted by atomic mass is 19.1. The molecule has 8 nitrogen and oxygen atoms in total. The highest BCUT2D eigenvalue weighted by Gasteiger charge is 2.22. The predicted molar refractivity (Wildman–Crippen MR) is 94.7 cm³/mol. The van der Waals surface area contributed by atoms with Crippen molar-refractivity contribution < 1.29 is 23.5 Å². The van der Waals surface area contributed by atoms with E-state index in [0.717, 1.165) is 0 Å². The molecule has 140 valence electrons. The lowest BCUT2D eigenvalue weighted by Crippen LogP contribution is -2.12. The minimum atomic E-state index is -0.660. The van der Waals surface area contributed by atoms with Crippen LogP contribution in [-0.2, 0) is 9.47 Å². The minimum absolute atomic E-state index is 0.0736. The Morgan fingerprint density at radius 2 is 2.00 bits per heavy atom. The number of fused-ring (bicyclic) bond motifs is 1. The predicted octanol–water partition coefficient (Wildman–Crippen LogP) is 2.88. The molecule has 3 rings (SSSR count). The molecule has 1 aromatic carbocycles. The van der Waals surface area contributed by atoms with Crippen LogP contribution >= 0.6 is 0 Å². The number of hydrogen-bond acceptors (Lipinski definition) is 7. The molecule has 9 heteroatoms. The average molecular weight is 372 g/mol. The molecule has 0 aliphatic carbocycles. The summed E-state index contributed by atoms with van der Waals surface area (Å²) in [5, 5.41) is 7.08. The Balaban J connectivity index is 2.15. The second-order valence-electron chi connectivity index (χ2n) is 5.62. The lowest BCUT2D eigenvalue weighted by molar-refractivity contribution is 0.0527. The fourth-order valence-electron chi connectivity index (χ4n) is 2.47. The first kappa shape index (κ1) is 18.3. The van der Waals surface area contributed by atoms with Crippen LogP contribution in [-0.4, -0.2) is 40.3 Å². The van der Waals surface area contributed by atoms with Gasteiger partial charge in [0.05, 0.1) is 19.9 Å². The molecule has 2 heterocycles. The number of carbonyl (C=O) groups is 2. The van der Waals surface area contributed by atoms with Crippen molar-refractivity contribution in [3.05, 3.63) is 53.1 Å². The van der Waals surface area contributed by atoms with Crippen LogP contribution in [0, 0.1) is 12.7 Å². The molecule has 0 spiro atoms.